The van der Waals surface area contributed by atoms with E-state index in [0.717, 1.165) is 23.8 Å². The minimum Gasteiger partial charge on any atom is -0.505 e. The fourth-order valence-electron chi connectivity index (χ4n) is 7.85. The second-order valence-corrected chi connectivity index (χ2v) is 13.2. The van der Waals surface area contributed by atoms with Crippen LogP contribution in [-0.4, -0.2) is 71.8 Å². The van der Waals surface area contributed by atoms with Gasteiger partial charge >= 0.3 is 6.18 Å². The van der Waals surface area contributed by atoms with Crippen LogP contribution in [0.15, 0.2) is 47.4 Å². The summed E-state index contributed by atoms with van der Waals surface area (Å²) >= 11 is 6.13. The van der Waals surface area contributed by atoms with E-state index in [-0.39, 0.29) is 57.9 Å². The third-order valence-electron chi connectivity index (χ3n) is 10.2. The monoisotopic (exact) mass is 695 g/mol. The molecule has 12 nitrogen and oxygen atoms in total. The van der Waals surface area contributed by atoms with Gasteiger partial charge in [-0.1, -0.05) is 17.7 Å². The zero-order valence-corrected chi connectivity index (χ0v) is 26.6. The Labute approximate surface area is 281 Å². The van der Waals surface area contributed by atoms with Gasteiger partial charge in [0.25, 0.3) is 11.5 Å². The highest BCUT2D eigenvalue weighted by Gasteiger charge is 2.63. The Morgan fingerprint density at radius 1 is 1.18 bits per heavy atom. The number of nitrogens with zero attached hydrogens (tertiary/aromatic N) is 6. The van der Waals surface area contributed by atoms with Crippen molar-refractivity contribution in [1.29, 1.82) is 0 Å². The van der Waals surface area contributed by atoms with Crippen molar-refractivity contribution in [3.05, 3.63) is 86.3 Å². The van der Waals surface area contributed by atoms with Crippen LogP contribution in [0, 0.1) is 5.92 Å². The zero-order chi connectivity index (χ0) is 34.2. The maximum Gasteiger partial charge on any atom is 0.416 e. The molecule has 2 amide bonds. The summed E-state index contributed by atoms with van der Waals surface area (Å²) in [5.74, 6) is -0.655. The Bertz CT molecular complexity index is 2150. The number of pyridine rings is 1. The van der Waals surface area contributed by atoms with Crippen molar-refractivity contribution in [1.82, 2.24) is 29.0 Å². The molecular formula is C33H29ClF3N7O5. The van der Waals surface area contributed by atoms with Crippen molar-refractivity contribution in [2.45, 2.75) is 56.3 Å². The molecule has 2 aliphatic carbocycles. The molecule has 3 aromatic heterocycles. The topological polar surface area (TPSA) is 144 Å². The highest BCUT2D eigenvalue weighted by Crippen LogP contribution is 2.60. The molecule has 1 spiro atoms. The first kappa shape index (κ1) is 31.5. The Morgan fingerprint density at radius 2 is 2.02 bits per heavy atom. The van der Waals surface area contributed by atoms with Gasteiger partial charge in [0.05, 0.1) is 29.5 Å². The van der Waals surface area contributed by atoms with Crippen molar-refractivity contribution >= 4 is 40.5 Å². The van der Waals surface area contributed by atoms with Gasteiger partial charge in [0.2, 0.25) is 11.7 Å². The van der Waals surface area contributed by atoms with Gasteiger partial charge in [0.15, 0.2) is 11.5 Å². The average molecular weight is 696 g/mol. The number of piperidine rings is 1. The molecule has 1 aromatic carbocycles. The lowest BCUT2D eigenvalue weighted by molar-refractivity contribution is -0.137. The number of hydrogen-bond donors (Lipinski definition) is 2. The molecule has 8 rings (SSSR count). The predicted octanol–water partition coefficient (Wildman–Crippen LogP) is 4.22. The van der Waals surface area contributed by atoms with E-state index in [9.17, 15) is 32.7 Å². The van der Waals surface area contributed by atoms with E-state index in [1.807, 2.05) is 6.08 Å². The number of likely N-dealkylation sites (tertiary alicyclic amines) is 1. The number of anilines is 1. The van der Waals surface area contributed by atoms with Gasteiger partial charge in [-0.2, -0.15) is 22.7 Å². The van der Waals surface area contributed by atoms with Gasteiger partial charge < -0.3 is 24.6 Å². The van der Waals surface area contributed by atoms with Crippen molar-refractivity contribution in [3.63, 3.8) is 0 Å². The number of carbonyl (C=O) groups excluding carboxylic acids is 2. The fraction of sp³-hybridized carbons (Fsp3) is 0.394. The number of fused-ring (bicyclic) bond motifs is 5. The number of halogens is 4. The summed E-state index contributed by atoms with van der Waals surface area (Å²) in [6, 6.07) is 5.50. The first-order valence-corrected chi connectivity index (χ1v) is 16.3. The number of aromatic hydroxyl groups is 1. The average Bonchev–Trinajstić information content (AvgIpc) is 3.62. The lowest BCUT2D eigenvalue weighted by Gasteiger charge is -2.39. The number of nitrogens with one attached hydrogen (secondary N) is 1. The van der Waals surface area contributed by atoms with Crippen molar-refractivity contribution in [2.75, 3.05) is 25.1 Å². The van der Waals surface area contributed by atoms with E-state index in [0.29, 0.717) is 68.9 Å². The largest absolute Gasteiger partial charge is 0.505 e. The van der Waals surface area contributed by atoms with Crippen LogP contribution in [0.2, 0.25) is 5.02 Å². The highest BCUT2D eigenvalue weighted by molar-refractivity contribution is 6.33. The van der Waals surface area contributed by atoms with Gasteiger partial charge in [-0.3, -0.25) is 14.4 Å². The normalized spacial score (nSPS) is 22.9. The van der Waals surface area contributed by atoms with Crippen molar-refractivity contribution in [2.24, 2.45) is 5.92 Å². The van der Waals surface area contributed by atoms with Gasteiger partial charge in [0, 0.05) is 35.5 Å². The van der Waals surface area contributed by atoms with E-state index in [1.54, 1.807) is 15.5 Å². The standard InChI is InChI=1S/C33H29ClF3N7O5/c34-20-14-18(33(35,36)37)3-4-21(20)39-25(46)16-43-22-5-8-32(9-11-42(23-15-19(23)32)30(48)27-24(45)2-1-10-38-27)26(22)29(47)44-31(43)40-28(41-44)17-6-12-49-13-7-17/h1-4,6,10,14,19,23,45H,5,7-9,11-13,15-16H2,(H,39,46)/t19-,23?,32-/m0/s1. The first-order valence-electron chi connectivity index (χ1n) is 15.9. The summed E-state index contributed by atoms with van der Waals surface area (Å²) in [5, 5.41) is 17.2. The van der Waals surface area contributed by atoms with Crippen LogP contribution >= 0.6 is 11.6 Å². The summed E-state index contributed by atoms with van der Waals surface area (Å²) in [6.45, 7) is 0.877. The summed E-state index contributed by atoms with van der Waals surface area (Å²) in [5.41, 5.74) is 0.132. The number of carbonyl (C=O) groups is 2. The molecule has 4 aromatic rings. The van der Waals surface area contributed by atoms with E-state index in [2.05, 4.69) is 15.4 Å². The van der Waals surface area contributed by atoms with E-state index in [4.69, 9.17) is 21.3 Å². The Balaban J connectivity index is 1.16. The quantitative estimate of drug-likeness (QED) is 0.316. The molecule has 2 fully saturated rings. The number of aromatic nitrogens is 5. The molecule has 16 heteroatoms. The Morgan fingerprint density at radius 3 is 2.76 bits per heavy atom. The molecule has 2 N–H and O–H groups in total. The lowest BCUT2D eigenvalue weighted by Crippen LogP contribution is -2.48. The highest BCUT2D eigenvalue weighted by atomic mass is 35.5. The second-order valence-electron chi connectivity index (χ2n) is 12.8. The molecule has 0 radical (unpaired) electrons. The molecule has 2 aliphatic heterocycles. The van der Waals surface area contributed by atoms with Crippen LogP contribution in [0.5, 0.6) is 5.75 Å². The molecule has 1 saturated carbocycles. The summed E-state index contributed by atoms with van der Waals surface area (Å²) in [7, 11) is 0. The van der Waals surface area contributed by atoms with Crippen LogP contribution in [0.1, 0.15) is 58.8 Å². The summed E-state index contributed by atoms with van der Waals surface area (Å²) < 4.78 is 47.9. The molecule has 49 heavy (non-hydrogen) atoms. The summed E-state index contributed by atoms with van der Waals surface area (Å²) in [4.78, 5) is 51.8. The number of ether oxygens (including phenoxy) is 1. The lowest BCUT2D eigenvalue weighted by atomic mass is 9.73. The van der Waals surface area contributed by atoms with Gasteiger partial charge in [-0.15, -0.1) is 5.10 Å². The summed E-state index contributed by atoms with van der Waals surface area (Å²) in [6.07, 6.45) is 1.48. The van der Waals surface area contributed by atoms with Crippen LogP contribution in [-0.2, 0) is 34.1 Å². The molecule has 0 bridgehead atoms. The predicted molar refractivity (Wildman–Crippen MR) is 169 cm³/mol. The minimum atomic E-state index is -4.60. The van der Waals surface area contributed by atoms with E-state index < -0.39 is 23.1 Å². The number of rotatable bonds is 5. The maximum atomic E-state index is 14.4. The van der Waals surface area contributed by atoms with Gasteiger partial charge in [-0.25, -0.2) is 4.98 Å². The molecule has 1 unspecified atom stereocenters. The van der Waals surface area contributed by atoms with E-state index in [1.165, 1.54) is 16.8 Å². The molecule has 5 heterocycles. The molecule has 4 aliphatic rings. The van der Waals surface area contributed by atoms with Crippen LogP contribution < -0.4 is 10.9 Å². The third-order valence-corrected chi connectivity index (χ3v) is 10.5. The molecule has 1 saturated heterocycles. The number of benzene rings is 1. The third kappa shape index (κ3) is 5.17. The molecule has 254 valence electrons. The van der Waals surface area contributed by atoms with Gasteiger partial charge in [0.1, 0.15) is 12.3 Å². The fourth-order valence-corrected chi connectivity index (χ4v) is 8.07. The SMILES string of the molecule is O=C(Cn1c2c(c(=O)n3nc(C4=CCOCC4)nc13)[C@@]1(CC2)CCN(C(=O)c2ncccc2O)C2C[C@@H]21)Nc1ccc(C(F)(F)F)cc1Cl. The van der Waals surface area contributed by atoms with Crippen molar-refractivity contribution in [3.8, 4) is 5.75 Å². The van der Waals surface area contributed by atoms with E-state index >= 15 is 0 Å². The maximum absolute atomic E-state index is 14.4. The first-order chi connectivity index (χ1) is 23.5. The Hall–Kier alpha value is -4.76. The van der Waals surface area contributed by atoms with Crippen molar-refractivity contribution < 1.29 is 32.6 Å². The molecular weight excluding hydrogens is 667 g/mol. The van der Waals surface area contributed by atoms with Crippen LogP contribution in [0.4, 0.5) is 18.9 Å². The number of amides is 2. The zero-order valence-electron chi connectivity index (χ0n) is 25.8. The minimum absolute atomic E-state index is 0.0103. The molecule has 3 atom stereocenters. The second kappa shape index (κ2) is 11.4. The van der Waals surface area contributed by atoms with Crippen LogP contribution in [0.25, 0.3) is 11.4 Å². The number of hydrogen-bond acceptors (Lipinski definition) is 8. The van der Waals surface area contributed by atoms with Gasteiger partial charge in [-0.05, 0) is 73.9 Å². The smallest absolute Gasteiger partial charge is 0.416 e. The number of alkyl halides is 3. The Kier molecular flexibility index (Phi) is 7.33. The van der Waals surface area contributed by atoms with Crippen LogP contribution in [0.3, 0.4) is 0 Å².